The minimum atomic E-state index is -1.66. The first-order valence-electron chi connectivity index (χ1n) is 12.3. The standard InChI is InChI=1S/C23H39N5O7S/c1-3-5-6-7-8-9-10-18(29)24-15(14-36-11-4-2)22(33)25-17-13-28(27-26-17)12-16-19(30)20(31)21(32)23(34)35-16/h4,13,15-16,19-21,23,30-32,34H,2-3,5-12,14H2,1H3,(H,24,29)(H,25,33)/t15-,16?,19?,20?,21?,23?/m1/s1. The molecule has 12 nitrogen and oxygen atoms in total. The average Bonchev–Trinajstić information content (AvgIpc) is 3.29. The Morgan fingerprint density at radius 2 is 1.89 bits per heavy atom. The van der Waals surface area contributed by atoms with E-state index in [2.05, 4.69) is 34.8 Å². The van der Waals surface area contributed by atoms with Crippen molar-refractivity contribution in [2.45, 2.75) is 95.2 Å². The molecule has 0 bridgehead atoms. The zero-order valence-electron chi connectivity index (χ0n) is 20.7. The lowest BCUT2D eigenvalue weighted by atomic mass is 9.99. The van der Waals surface area contributed by atoms with Crippen molar-refractivity contribution >= 4 is 29.4 Å². The predicted molar refractivity (Wildman–Crippen MR) is 134 cm³/mol. The van der Waals surface area contributed by atoms with Gasteiger partial charge in [-0.15, -0.1) is 5.10 Å². The highest BCUT2D eigenvalue weighted by atomic mass is 32.2. The average molecular weight is 530 g/mol. The molecule has 204 valence electrons. The molecular weight excluding hydrogens is 490 g/mol. The minimum absolute atomic E-state index is 0.0987. The van der Waals surface area contributed by atoms with Crippen molar-refractivity contribution in [3.8, 4) is 0 Å². The largest absolute Gasteiger partial charge is 0.388 e. The molecule has 2 amide bonds. The summed E-state index contributed by atoms with van der Waals surface area (Å²) in [6.45, 7) is 5.72. The van der Waals surface area contributed by atoms with Crippen molar-refractivity contribution in [2.24, 2.45) is 0 Å². The second kappa shape index (κ2) is 16.2. The number of ether oxygens (including phenoxy) is 1. The molecule has 1 aliphatic heterocycles. The molecular formula is C23H39N5O7S. The van der Waals surface area contributed by atoms with Crippen LogP contribution in [0.25, 0.3) is 0 Å². The molecule has 36 heavy (non-hydrogen) atoms. The maximum atomic E-state index is 12.9. The molecule has 6 N–H and O–H groups in total. The molecule has 5 unspecified atom stereocenters. The molecule has 0 aromatic carbocycles. The van der Waals surface area contributed by atoms with Crippen LogP contribution in [0.2, 0.25) is 0 Å². The molecule has 1 aromatic rings. The Morgan fingerprint density at radius 1 is 1.17 bits per heavy atom. The van der Waals surface area contributed by atoms with Gasteiger partial charge in [-0.3, -0.25) is 9.59 Å². The molecule has 1 aliphatic rings. The number of unbranched alkanes of at least 4 members (excludes halogenated alkanes) is 5. The molecule has 1 aromatic heterocycles. The SMILES string of the molecule is [CH2][CH]CSC[C@@H](NC(=O)CCCCCCCC)C(=O)Nc1cn(CC2OC(O)C(O)C(O)C2O)nn1. The Hall–Kier alpha value is -1.77. The second-order valence-corrected chi connectivity index (χ2v) is 9.89. The fourth-order valence-corrected chi connectivity index (χ4v) is 4.48. The van der Waals surface area contributed by atoms with Crippen LogP contribution in [0.15, 0.2) is 6.20 Å². The maximum absolute atomic E-state index is 12.9. The van der Waals surface area contributed by atoms with Gasteiger partial charge in [0.15, 0.2) is 12.1 Å². The Morgan fingerprint density at radius 3 is 2.61 bits per heavy atom. The monoisotopic (exact) mass is 529 g/mol. The smallest absolute Gasteiger partial charge is 0.249 e. The first-order chi connectivity index (χ1) is 17.3. The highest BCUT2D eigenvalue weighted by Gasteiger charge is 2.43. The third-order valence-electron chi connectivity index (χ3n) is 5.77. The van der Waals surface area contributed by atoms with Crippen LogP contribution < -0.4 is 10.6 Å². The number of amides is 2. The van der Waals surface area contributed by atoms with Gasteiger partial charge in [0.2, 0.25) is 11.8 Å². The normalized spacial score (nSPS) is 24.9. The van der Waals surface area contributed by atoms with Gasteiger partial charge in [-0.1, -0.05) is 44.2 Å². The fourth-order valence-electron chi connectivity index (χ4n) is 3.71. The van der Waals surface area contributed by atoms with E-state index in [1.165, 1.54) is 35.5 Å². The van der Waals surface area contributed by atoms with E-state index in [0.717, 1.165) is 25.7 Å². The number of aliphatic hydroxyl groups excluding tert-OH is 4. The minimum Gasteiger partial charge on any atom is -0.388 e. The van der Waals surface area contributed by atoms with Gasteiger partial charge in [-0.2, -0.15) is 11.8 Å². The van der Waals surface area contributed by atoms with Crippen LogP contribution in [0.1, 0.15) is 51.9 Å². The molecule has 13 heteroatoms. The van der Waals surface area contributed by atoms with Crippen molar-refractivity contribution in [3.63, 3.8) is 0 Å². The fraction of sp³-hybridized carbons (Fsp3) is 0.739. The summed E-state index contributed by atoms with van der Waals surface area (Å²) in [5.41, 5.74) is 0. The zero-order chi connectivity index (χ0) is 26.5. The molecule has 2 heterocycles. The molecule has 0 aliphatic carbocycles. The summed E-state index contributed by atoms with van der Waals surface area (Å²) in [6.07, 6.45) is 2.44. The van der Waals surface area contributed by atoms with Crippen molar-refractivity contribution in [3.05, 3.63) is 19.5 Å². The van der Waals surface area contributed by atoms with Gasteiger partial charge in [0.25, 0.3) is 0 Å². The summed E-state index contributed by atoms with van der Waals surface area (Å²) in [6, 6.07) is -0.775. The van der Waals surface area contributed by atoms with Crippen LogP contribution in [-0.4, -0.2) is 95.5 Å². The summed E-state index contributed by atoms with van der Waals surface area (Å²) in [7, 11) is 0. The van der Waals surface area contributed by atoms with Crippen LogP contribution in [0.3, 0.4) is 0 Å². The van der Waals surface area contributed by atoms with Gasteiger partial charge in [-0.05, 0) is 25.5 Å². The number of carbonyl (C=O) groups is 2. The number of nitrogens with zero attached hydrogens (tertiary/aromatic N) is 3. The summed E-state index contributed by atoms with van der Waals surface area (Å²) >= 11 is 1.46. The van der Waals surface area contributed by atoms with Gasteiger partial charge < -0.3 is 35.8 Å². The Kier molecular flexibility index (Phi) is 13.7. The van der Waals surface area contributed by atoms with Crippen molar-refractivity contribution < 1.29 is 34.8 Å². The Labute approximate surface area is 216 Å². The van der Waals surface area contributed by atoms with Gasteiger partial charge >= 0.3 is 0 Å². The molecule has 2 rings (SSSR count). The lowest BCUT2D eigenvalue weighted by Crippen LogP contribution is -2.58. The van der Waals surface area contributed by atoms with Crippen LogP contribution in [0, 0.1) is 13.3 Å². The zero-order valence-corrected chi connectivity index (χ0v) is 21.5. The second-order valence-electron chi connectivity index (χ2n) is 8.82. The van der Waals surface area contributed by atoms with Crippen LogP contribution in [0.5, 0.6) is 0 Å². The number of hydrogen-bond acceptors (Lipinski definition) is 10. The lowest BCUT2D eigenvalue weighted by Gasteiger charge is -2.38. The van der Waals surface area contributed by atoms with E-state index < -0.39 is 42.7 Å². The van der Waals surface area contributed by atoms with E-state index in [9.17, 15) is 30.0 Å². The highest BCUT2D eigenvalue weighted by molar-refractivity contribution is 7.99. The summed E-state index contributed by atoms with van der Waals surface area (Å²) in [5, 5.41) is 52.3. The van der Waals surface area contributed by atoms with Crippen LogP contribution in [0.4, 0.5) is 5.82 Å². The van der Waals surface area contributed by atoms with E-state index in [-0.39, 0.29) is 18.3 Å². The van der Waals surface area contributed by atoms with Gasteiger partial charge in [-0.25, -0.2) is 4.68 Å². The quantitative estimate of drug-likeness (QED) is 0.160. The summed E-state index contributed by atoms with van der Waals surface area (Å²) in [5.74, 6) is 0.474. The number of nitrogens with one attached hydrogen (secondary N) is 2. The first kappa shape index (κ1) is 30.5. The summed E-state index contributed by atoms with van der Waals surface area (Å²) in [4.78, 5) is 25.3. The van der Waals surface area contributed by atoms with E-state index >= 15 is 0 Å². The van der Waals surface area contributed by atoms with Crippen LogP contribution >= 0.6 is 11.8 Å². The van der Waals surface area contributed by atoms with Crippen LogP contribution in [-0.2, 0) is 20.9 Å². The Bertz CT molecular complexity index is 799. The number of aromatic nitrogens is 3. The summed E-state index contributed by atoms with van der Waals surface area (Å²) < 4.78 is 6.40. The molecule has 1 saturated heterocycles. The molecule has 0 spiro atoms. The molecule has 0 saturated carbocycles. The van der Waals surface area contributed by atoms with Crippen molar-refractivity contribution in [2.75, 3.05) is 16.8 Å². The number of rotatable bonds is 16. The topological polar surface area (TPSA) is 179 Å². The lowest BCUT2D eigenvalue weighted by molar-refractivity contribution is -0.284. The third kappa shape index (κ3) is 9.94. The van der Waals surface area contributed by atoms with Gasteiger partial charge in [0, 0.05) is 12.2 Å². The maximum Gasteiger partial charge on any atom is 0.249 e. The van der Waals surface area contributed by atoms with Gasteiger partial charge in [0.1, 0.15) is 30.5 Å². The van der Waals surface area contributed by atoms with Gasteiger partial charge in [0.05, 0.1) is 12.7 Å². The number of carbonyl (C=O) groups excluding carboxylic acids is 2. The number of hydrogen-bond donors (Lipinski definition) is 6. The third-order valence-corrected chi connectivity index (χ3v) is 6.81. The highest BCUT2D eigenvalue weighted by Crippen LogP contribution is 2.21. The van der Waals surface area contributed by atoms with E-state index in [4.69, 9.17) is 4.74 Å². The van der Waals surface area contributed by atoms with Crippen molar-refractivity contribution in [1.82, 2.24) is 20.3 Å². The number of aliphatic hydroxyl groups is 4. The predicted octanol–water partition coefficient (Wildman–Crippen LogP) is 0.0235. The van der Waals surface area contributed by atoms with E-state index in [1.807, 2.05) is 0 Å². The number of thioether (sulfide) groups is 1. The number of anilines is 1. The molecule has 1 fully saturated rings. The first-order valence-corrected chi connectivity index (χ1v) is 13.5. The molecule has 2 radical (unpaired) electrons. The van der Waals surface area contributed by atoms with E-state index in [1.54, 1.807) is 6.42 Å². The molecule has 6 atom stereocenters. The van der Waals surface area contributed by atoms with Crippen molar-refractivity contribution in [1.29, 1.82) is 0 Å². The Balaban J connectivity index is 1.88. The van der Waals surface area contributed by atoms with E-state index in [0.29, 0.717) is 17.9 Å².